The van der Waals surface area contributed by atoms with E-state index in [1.165, 1.54) is 0 Å². The normalized spacial score (nSPS) is 11.1. The van der Waals surface area contributed by atoms with Crippen LogP contribution in [-0.4, -0.2) is 11.0 Å². The minimum Gasteiger partial charge on any atom is -0.435 e. The maximum Gasteiger partial charge on any atom is 0.387 e. The van der Waals surface area contributed by atoms with Gasteiger partial charge in [0.15, 0.2) is 0 Å². The van der Waals surface area contributed by atoms with Crippen molar-refractivity contribution in [3.05, 3.63) is 60.9 Å². The highest BCUT2D eigenvalue weighted by molar-refractivity contribution is 5.70. The Morgan fingerprint density at radius 1 is 0.947 bits per heavy atom. The summed E-state index contributed by atoms with van der Waals surface area (Å²) in [7, 11) is 0. The van der Waals surface area contributed by atoms with Crippen LogP contribution in [0.1, 0.15) is 0 Å². The Balaban J connectivity index is 1.93. The maximum absolute atomic E-state index is 12.1. The molecule has 0 aliphatic rings. The van der Waals surface area contributed by atoms with Crippen molar-refractivity contribution in [3.63, 3.8) is 0 Å². The summed E-state index contributed by atoms with van der Waals surface area (Å²) in [6.45, 7) is -2.79. The van der Waals surface area contributed by atoms with E-state index in [1.807, 2.05) is 41.1 Å². The third-order valence-electron chi connectivity index (χ3n) is 2.92. The van der Waals surface area contributed by atoms with Crippen molar-refractivity contribution in [2.75, 3.05) is 0 Å². The Morgan fingerprint density at radius 2 is 1.74 bits per heavy atom. The van der Waals surface area contributed by atoms with Crippen LogP contribution in [0.5, 0.6) is 5.75 Å². The SMILES string of the molecule is FC(F)Oc1ccc(-c2cc3ccccn3c2)cc1. The van der Waals surface area contributed by atoms with Gasteiger partial charge in [-0.15, -0.1) is 0 Å². The van der Waals surface area contributed by atoms with E-state index < -0.39 is 6.61 Å². The highest BCUT2D eigenvalue weighted by Gasteiger charge is 2.05. The summed E-state index contributed by atoms with van der Waals surface area (Å²) < 4.78 is 30.5. The Kier molecular flexibility index (Phi) is 2.91. The van der Waals surface area contributed by atoms with Crippen molar-refractivity contribution in [2.45, 2.75) is 6.61 Å². The van der Waals surface area contributed by atoms with Gasteiger partial charge in [0.05, 0.1) is 0 Å². The van der Waals surface area contributed by atoms with Crippen LogP contribution in [0.15, 0.2) is 60.9 Å². The molecular weight excluding hydrogens is 248 g/mol. The Hall–Kier alpha value is -2.36. The van der Waals surface area contributed by atoms with Crippen LogP contribution in [0, 0.1) is 0 Å². The molecule has 96 valence electrons. The van der Waals surface area contributed by atoms with Gasteiger partial charge in [-0.3, -0.25) is 0 Å². The molecule has 2 aromatic heterocycles. The summed E-state index contributed by atoms with van der Waals surface area (Å²) in [4.78, 5) is 0. The van der Waals surface area contributed by atoms with Gasteiger partial charge in [-0.05, 0) is 35.9 Å². The number of pyridine rings is 1. The van der Waals surface area contributed by atoms with Gasteiger partial charge in [0.2, 0.25) is 0 Å². The molecule has 2 nitrogen and oxygen atoms in total. The van der Waals surface area contributed by atoms with Gasteiger partial charge >= 0.3 is 6.61 Å². The fraction of sp³-hybridized carbons (Fsp3) is 0.0667. The van der Waals surface area contributed by atoms with Gasteiger partial charge < -0.3 is 9.14 Å². The zero-order valence-electron chi connectivity index (χ0n) is 9.96. The quantitative estimate of drug-likeness (QED) is 0.687. The van der Waals surface area contributed by atoms with Crippen molar-refractivity contribution in [1.82, 2.24) is 4.40 Å². The number of aromatic nitrogens is 1. The second-order valence-electron chi connectivity index (χ2n) is 4.16. The molecule has 0 atom stereocenters. The zero-order chi connectivity index (χ0) is 13.2. The summed E-state index contributed by atoms with van der Waals surface area (Å²) in [5.41, 5.74) is 3.09. The van der Waals surface area contributed by atoms with Crippen LogP contribution in [0.25, 0.3) is 16.6 Å². The van der Waals surface area contributed by atoms with E-state index in [9.17, 15) is 8.78 Å². The second-order valence-corrected chi connectivity index (χ2v) is 4.16. The van der Waals surface area contributed by atoms with Gasteiger partial charge in [0, 0.05) is 23.5 Å². The molecule has 0 bridgehead atoms. The highest BCUT2D eigenvalue weighted by Crippen LogP contribution is 2.25. The molecule has 0 radical (unpaired) electrons. The minimum atomic E-state index is -2.79. The standard InChI is InChI=1S/C15H11F2NO/c16-15(17)19-14-6-4-11(5-7-14)12-9-13-3-1-2-8-18(13)10-12/h1-10,15H. The smallest absolute Gasteiger partial charge is 0.387 e. The molecule has 0 aliphatic carbocycles. The average molecular weight is 259 g/mol. The van der Waals surface area contributed by atoms with E-state index in [0.29, 0.717) is 0 Å². The van der Waals surface area contributed by atoms with E-state index in [-0.39, 0.29) is 5.75 Å². The molecule has 0 N–H and O–H groups in total. The van der Waals surface area contributed by atoms with E-state index in [4.69, 9.17) is 0 Å². The van der Waals surface area contributed by atoms with Crippen molar-refractivity contribution >= 4 is 5.52 Å². The molecule has 4 heteroatoms. The van der Waals surface area contributed by atoms with E-state index in [0.717, 1.165) is 16.6 Å². The number of alkyl halides is 2. The summed E-state index contributed by atoms with van der Waals surface area (Å²) in [5, 5.41) is 0. The predicted octanol–water partition coefficient (Wildman–Crippen LogP) is 4.21. The lowest BCUT2D eigenvalue weighted by Crippen LogP contribution is -2.01. The van der Waals surface area contributed by atoms with E-state index >= 15 is 0 Å². The van der Waals surface area contributed by atoms with Crippen molar-refractivity contribution in [1.29, 1.82) is 0 Å². The largest absolute Gasteiger partial charge is 0.435 e. The molecule has 0 saturated carbocycles. The van der Waals surface area contributed by atoms with Crippen LogP contribution < -0.4 is 4.74 Å². The van der Waals surface area contributed by atoms with Gasteiger partial charge in [0.25, 0.3) is 0 Å². The Labute approximate surface area is 108 Å². The minimum absolute atomic E-state index is 0.169. The third-order valence-corrected chi connectivity index (χ3v) is 2.92. The first-order valence-electron chi connectivity index (χ1n) is 5.84. The number of rotatable bonds is 3. The molecule has 3 aromatic rings. The van der Waals surface area contributed by atoms with Gasteiger partial charge in [-0.2, -0.15) is 8.78 Å². The van der Waals surface area contributed by atoms with Crippen LogP contribution in [0.2, 0.25) is 0 Å². The first-order chi connectivity index (χ1) is 9.22. The Morgan fingerprint density at radius 3 is 2.42 bits per heavy atom. The lowest BCUT2D eigenvalue weighted by molar-refractivity contribution is -0.0498. The first kappa shape index (κ1) is 11.7. The topological polar surface area (TPSA) is 13.6 Å². The van der Waals surface area contributed by atoms with Crippen molar-refractivity contribution < 1.29 is 13.5 Å². The highest BCUT2D eigenvalue weighted by atomic mass is 19.3. The maximum atomic E-state index is 12.1. The van der Waals surface area contributed by atoms with Gasteiger partial charge in [0.1, 0.15) is 5.75 Å². The molecular formula is C15H11F2NO. The van der Waals surface area contributed by atoms with Gasteiger partial charge in [-0.25, -0.2) is 0 Å². The number of benzene rings is 1. The lowest BCUT2D eigenvalue weighted by atomic mass is 10.1. The summed E-state index contributed by atoms with van der Waals surface area (Å²) in [6.07, 6.45) is 3.96. The summed E-state index contributed by atoms with van der Waals surface area (Å²) in [6, 6.07) is 14.6. The monoisotopic (exact) mass is 259 g/mol. The molecule has 0 spiro atoms. The molecule has 0 aliphatic heterocycles. The summed E-state index contributed by atoms with van der Waals surface area (Å²) >= 11 is 0. The van der Waals surface area contributed by atoms with Gasteiger partial charge in [-0.1, -0.05) is 18.2 Å². The van der Waals surface area contributed by atoms with Crippen molar-refractivity contribution in [3.8, 4) is 16.9 Å². The molecule has 3 rings (SSSR count). The van der Waals surface area contributed by atoms with E-state index in [1.54, 1.807) is 24.3 Å². The van der Waals surface area contributed by atoms with Crippen LogP contribution >= 0.6 is 0 Å². The van der Waals surface area contributed by atoms with Crippen molar-refractivity contribution in [2.24, 2.45) is 0 Å². The third kappa shape index (κ3) is 2.42. The number of hydrogen-bond acceptors (Lipinski definition) is 1. The number of hydrogen-bond donors (Lipinski definition) is 0. The lowest BCUT2D eigenvalue weighted by Gasteiger charge is -2.04. The average Bonchev–Trinajstić information content (AvgIpc) is 2.82. The zero-order valence-corrected chi connectivity index (χ0v) is 9.96. The van der Waals surface area contributed by atoms with Crippen LogP contribution in [0.3, 0.4) is 0 Å². The van der Waals surface area contributed by atoms with Crippen LogP contribution in [0.4, 0.5) is 8.78 Å². The number of nitrogens with zero attached hydrogens (tertiary/aromatic N) is 1. The second kappa shape index (κ2) is 4.72. The first-order valence-corrected chi connectivity index (χ1v) is 5.84. The Bertz CT molecular complexity index is 656. The molecule has 1 aromatic carbocycles. The van der Waals surface area contributed by atoms with E-state index in [2.05, 4.69) is 4.74 Å². The molecule has 0 unspecified atom stereocenters. The van der Waals surface area contributed by atoms with Crippen LogP contribution in [-0.2, 0) is 0 Å². The molecule has 0 fully saturated rings. The number of fused-ring (bicyclic) bond motifs is 1. The molecule has 0 saturated heterocycles. The molecule has 0 amide bonds. The fourth-order valence-electron chi connectivity index (χ4n) is 2.04. The predicted molar refractivity (Wildman–Crippen MR) is 69.5 cm³/mol. The summed E-state index contributed by atoms with van der Waals surface area (Å²) in [5.74, 6) is 0.169. The molecule has 19 heavy (non-hydrogen) atoms. The number of halogens is 2. The molecule has 2 heterocycles. The fourth-order valence-corrected chi connectivity index (χ4v) is 2.04. The number of ether oxygens (including phenoxy) is 1.